The molecule has 1 aliphatic carbocycles. The molecule has 0 bridgehead atoms. The fourth-order valence-corrected chi connectivity index (χ4v) is 2.93. The first kappa shape index (κ1) is 16.3. The predicted octanol–water partition coefficient (Wildman–Crippen LogP) is 4.90. The van der Waals surface area contributed by atoms with Crippen LogP contribution in [0.4, 0.5) is 0 Å². The summed E-state index contributed by atoms with van der Waals surface area (Å²) >= 11 is 0. The monoisotopic (exact) mass is 296 g/mol. The van der Waals surface area contributed by atoms with E-state index in [1.165, 1.54) is 41.2 Å². The maximum absolute atomic E-state index is 10.6. The van der Waals surface area contributed by atoms with E-state index in [1.54, 1.807) is 6.92 Å². The molecule has 0 atom stereocenters. The minimum atomic E-state index is -0.913. The Kier molecular flexibility index (Phi) is 4.70. The lowest BCUT2D eigenvalue weighted by molar-refractivity contribution is -0.131. The molecular weight excluding hydrogens is 272 g/mol. The summed E-state index contributed by atoms with van der Waals surface area (Å²) in [6.07, 6.45) is 9.34. The van der Waals surface area contributed by atoms with Gasteiger partial charge in [0.15, 0.2) is 0 Å². The van der Waals surface area contributed by atoms with Gasteiger partial charge in [-0.3, -0.25) is 0 Å². The molecule has 0 unspecified atom stereocenters. The van der Waals surface area contributed by atoms with Crippen LogP contribution in [0.3, 0.4) is 0 Å². The van der Waals surface area contributed by atoms with Gasteiger partial charge in [-0.2, -0.15) is 0 Å². The third-order valence-corrected chi connectivity index (χ3v) is 4.37. The molecular formula is C20H24O2. The number of carboxylic acid groups (broad SMARTS) is 1. The molecule has 2 heteroatoms. The predicted molar refractivity (Wildman–Crippen MR) is 92.0 cm³/mol. The highest BCUT2D eigenvalue weighted by molar-refractivity contribution is 5.81. The molecule has 0 heterocycles. The van der Waals surface area contributed by atoms with Gasteiger partial charge < -0.3 is 5.11 Å². The number of benzene rings is 1. The van der Waals surface area contributed by atoms with E-state index in [0.29, 0.717) is 0 Å². The van der Waals surface area contributed by atoms with Crippen LogP contribution in [0.5, 0.6) is 0 Å². The maximum Gasteiger partial charge on any atom is 0.328 e. The Balaban J connectivity index is 2.20. The molecule has 2 nitrogen and oxygen atoms in total. The normalized spacial score (nSPS) is 17.8. The quantitative estimate of drug-likeness (QED) is 0.633. The van der Waals surface area contributed by atoms with Gasteiger partial charge in [0.1, 0.15) is 0 Å². The fraction of sp³-hybridized carbons (Fsp3) is 0.350. The summed E-state index contributed by atoms with van der Waals surface area (Å²) < 4.78 is 0. The van der Waals surface area contributed by atoms with Crippen LogP contribution in [0.15, 0.2) is 48.1 Å². The van der Waals surface area contributed by atoms with Crippen LogP contribution in [0.25, 0.3) is 5.57 Å². The number of hydrogen-bond acceptors (Lipinski definition) is 1. The Morgan fingerprint density at radius 1 is 1.27 bits per heavy atom. The average Bonchev–Trinajstić information content (AvgIpc) is 2.73. The van der Waals surface area contributed by atoms with Crippen LogP contribution in [-0.2, 0) is 16.6 Å². The molecule has 1 aliphatic rings. The Bertz CT molecular complexity index is 673. The van der Waals surface area contributed by atoms with E-state index in [0.717, 1.165) is 5.57 Å². The topological polar surface area (TPSA) is 37.3 Å². The van der Waals surface area contributed by atoms with Crippen molar-refractivity contribution in [3.63, 3.8) is 0 Å². The SMILES string of the molecule is CC(=CC=C/C(C)=C/C(=O)O)c1ccc2c(c1)C(C)(C)CC2. The molecule has 0 aromatic heterocycles. The summed E-state index contributed by atoms with van der Waals surface area (Å²) in [5, 5.41) is 8.68. The van der Waals surface area contributed by atoms with E-state index in [1.807, 2.05) is 18.2 Å². The first-order valence-corrected chi connectivity index (χ1v) is 7.69. The number of aryl methyl sites for hydroxylation is 1. The highest BCUT2D eigenvalue weighted by Crippen LogP contribution is 2.39. The molecule has 0 amide bonds. The molecule has 0 radical (unpaired) electrons. The van der Waals surface area contributed by atoms with Crippen LogP contribution in [0.2, 0.25) is 0 Å². The summed E-state index contributed by atoms with van der Waals surface area (Å²) in [5.74, 6) is -0.913. The first-order valence-electron chi connectivity index (χ1n) is 7.69. The van der Waals surface area contributed by atoms with Crippen molar-refractivity contribution < 1.29 is 9.90 Å². The standard InChI is InChI=1S/C20H24O2/c1-14(12-19(21)22)6-5-7-15(2)17-9-8-16-10-11-20(3,4)18(16)13-17/h5-9,12-13H,10-11H2,1-4H3,(H,21,22)/b6-5?,14-12+,15-7?. The molecule has 116 valence electrons. The van der Waals surface area contributed by atoms with E-state index >= 15 is 0 Å². The van der Waals surface area contributed by atoms with Crippen molar-refractivity contribution in [2.75, 3.05) is 0 Å². The summed E-state index contributed by atoms with van der Waals surface area (Å²) in [5.41, 5.74) is 6.35. The van der Waals surface area contributed by atoms with E-state index in [2.05, 4.69) is 39.0 Å². The summed E-state index contributed by atoms with van der Waals surface area (Å²) in [7, 11) is 0. The van der Waals surface area contributed by atoms with E-state index in [9.17, 15) is 4.79 Å². The molecule has 2 rings (SSSR count). The van der Waals surface area contributed by atoms with E-state index in [4.69, 9.17) is 5.11 Å². The first-order chi connectivity index (χ1) is 10.3. The van der Waals surface area contributed by atoms with Crippen LogP contribution in [-0.4, -0.2) is 11.1 Å². The maximum atomic E-state index is 10.6. The molecule has 1 N–H and O–H groups in total. The summed E-state index contributed by atoms with van der Waals surface area (Å²) in [6, 6.07) is 6.73. The van der Waals surface area contributed by atoms with Crippen molar-refractivity contribution in [3.8, 4) is 0 Å². The van der Waals surface area contributed by atoms with Crippen molar-refractivity contribution in [2.45, 2.75) is 46.0 Å². The Hall–Kier alpha value is -2.09. The molecule has 22 heavy (non-hydrogen) atoms. The molecule has 0 saturated carbocycles. The van der Waals surface area contributed by atoms with Gasteiger partial charge in [-0.1, -0.05) is 50.3 Å². The number of carboxylic acids is 1. The second-order valence-electron chi connectivity index (χ2n) is 6.69. The number of carbonyl (C=O) groups is 1. The largest absolute Gasteiger partial charge is 0.478 e. The third-order valence-electron chi connectivity index (χ3n) is 4.37. The Labute approximate surface area is 132 Å². The molecule has 0 aliphatic heterocycles. The summed E-state index contributed by atoms with van der Waals surface area (Å²) in [4.78, 5) is 10.6. The second kappa shape index (κ2) is 6.35. The number of rotatable bonds is 4. The van der Waals surface area contributed by atoms with Gasteiger partial charge in [-0.15, -0.1) is 0 Å². The Morgan fingerprint density at radius 2 is 2.00 bits per heavy atom. The van der Waals surface area contributed by atoms with Crippen molar-refractivity contribution >= 4 is 11.5 Å². The number of allylic oxidation sites excluding steroid dienone is 5. The molecule has 0 fully saturated rings. The zero-order chi connectivity index (χ0) is 16.3. The van der Waals surface area contributed by atoms with Crippen LogP contribution < -0.4 is 0 Å². The molecule has 1 aromatic carbocycles. The zero-order valence-corrected chi connectivity index (χ0v) is 13.8. The van der Waals surface area contributed by atoms with Crippen molar-refractivity contribution in [3.05, 3.63) is 64.8 Å². The Morgan fingerprint density at radius 3 is 2.68 bits per heavy atom. The average molecular weight is 296 g/mol. The molecule has 0 saturated heterocycles. The number of fused-ring (bicyclic) bond motifs is 1. The third kappa shape index (κ3) is 3.76. The van der Waals surface area contributed by atoms with Crippen LogP contribution >= 0.6 is 0 Å². The van der Waals surface area contributed by atoms with Gasteiger partial charge in [0.25, 0.3) is 0 Å². The lowest BCUT2D eigenvalue weighted by Gasteiger charge is -2.19. The number of aliphatic carboxylic acids is 1. The van der Waals surface area contributed by atoms with Crippen molar-refractivity contribution in [2.24, 2.45) is 0 Å². The molecule has 0 spiro atoms. The van der Waals surface area contributed by atoms with Crippen molar-refractivity contribution in [1.82, 2.24) is 0 Å². The fourth-order valence-electron chi connectivity index (χ4n) is 2.93. The minimum Gasteiger partial charge on any atom is -0.478 e. The zero-order valence-electron chi connectivity index (χ0n) is 13.8. The highest BCUT2D eigenvalue weighted by atomic mass is 16.4. The van der Waals surface area contributed by atoms with Gasteiger partial charge in [-0.25, -0.2) is 4.79 Å². The smallest absolute Gasteiger partial charge is 0.328 e. The number of hydrogen-bond donors (Lipinski definition) is 1. The summed E-state index contributed by atoms with van der Waals surface area (Å²) in [6.45, 7) is 8.49. The van der Waals surface area contributed by atoms with E-state index in [-0.39, 0.29) is 5.41 Å². The van der Waals surface area contributed by atoms with Crippen molar-refractivity contribution in [1.29, 1.82) is 0 Å². The van der Waals surface area contributed by atoms with Gasteiger partial charge in [-0.05, 0) is 59.9 Å². The second-order valence-corrected chi connectivity index (χ2v) is 6.69. The van der Waals surface area contributed by atoms with E-state index < -0.39 is 5.97 Å². The van der Waals surface area contributed by atoms with Gasteiger partial charge >= 0.3 is 5.97 Å². The van der Waals surface area contributed by atoms with Gasteiger partial charge in [0.2, 0.25) is 0 Å². The van der Waals surface area contributed by atoms with Gasteiger partial charge in [0, 0.05) is 6.08 Å². The van der Waals surface area contributed by atoms with Gasteiger partial charge in [0.05, 0.1) is 0 Å². The lowest BCUT2D eigenvalue weighted by atomic mass is 9.85. The molecule has 1 aromatic rings. The lowest BCUT2D eigenvalue weighted by Crippen LogP contribution is -2.11. The minimum absolute atomic E-state index is 0.266. The van der Waals surface area contributed by atoms with Crippen LogP contribution in [0, 0.1) is 0 Å². The van der Waals surface area contributed by atoms with Crippen LogP contribution in [0.1, 0.15) is 50.8 Å². The highest BCUT2D eigenvalue weighted by Gasteiger charge is 2.29.